The summed E-state index contributed by atoms with van der Waals surface area (Å²) in [5, 5.41) is 4.25. The number of H-pyrrole nitrogens is 1. The van der Waals surface area contributed by atoms with Gasteiger partial charge in [-0.05, 0) is 42.7 Å². The molecule has 1 amide bonds. The second-order valence-electron chi connectivity index (χ2n) is 7.45. The number of hydrogen-bond donors (Lipinski definition) is 2. The van der Waals surface area contributed by atoms with Gasteiger partial charge in [0.05, 0.1) is 18.4 Å². The maximum absolute atomic E-state index is 12.6. The van der Waals surface area contributed by atoms with Crippen LogP contribution in [-0.2, 0) is 9.53 Å². The van der Waals surface area contributed by atoms with Gasteiger partial charge in [0.25, 0.3) is 0 Å². The van der Waals surface area contributed by atoms with E-state index in [1.54, 1.807) is 11.1 Å². The first-order valence-corrected chi connectivity index (χ1v) is 9.84. The molecule has 7 nitrogen and oxygen atoms in total. The Morgan fingerprint density at radius 2 is 2.11 bits per heavy atom. The number of carbonyl (C=O) groups is 1. The van der Waals surface area contributed by atoms with Gasteiger partial charge in [-0.3, -0.25) is 9.69 Å². The molecule has 1 saturated heterocycles. The first kappa shape index (κ1) is 17.2. The molecule has 3 aromatic rings. The fraction of sp³-hybridized carbons (Fsp3) is 0.381. The Morgan fingerprint density at radius 1 is 1.21 bits per heavy atom. The number of fused-ring (bicyclic) bond motifs is 2. The molecule has 1 aromatic carbocycles. The molecule has 144 valence electrons. The van der Waals surface area contributed by atoms with E-state index in [4.69, 9.17) is 9.72 Å². The fourth-order valence-corrected chi connectivity index (χ4v) is 3.99. The lowest BCUT2D eigenvalue weighted by atomic mass is 9.96. The Bertz CT molecular complexity index is 1010. The van der Waals surface area contributed by atoms with Crippen LogP contribution in [0.15, 0.2) is 36.7 Å². The minimum Gasteiger partial charge on any atom is -0.381 e. The number of anilines is 2. The van der Waals surface area contributed by atoms with E-state index in [9.17, 15) is 4.79 Å². The Kier molecular flexibility index (Phi) is 4.44. The van der Waals surface area contributed by atoms with E-state index in [0.717, 1.165) is 54.6 Å². The van der Waals surface area contributed by atoms with E-state index in [1.165, 1.54) is 0 Å². The molecule has 0 spiro atoms. The average Bonchev–Trinajstić information content (AvgIpc) is 3.21. The number of benzene rings is 1. The maximum Gasteiger partial charge on any atom is 0.247 e. The highest BCUT2D eigenvalue weighted by atomic mass is 16.5. The van der Waals surface area contributed by atoms with Gasteiger partial charge in [0.1, 0.15) is 0 Å². The van der Waals surface area contributed by atoms with Gasteiger partial charge in [0, 0.05) is 37.0 Å². The lowest BCUT2D eigenvalue weighted by molar-refractivity contribution is -0.117. The highest BCUT2D eigenvalue weighted by Gasteiger charge is 2.28. The van der Waals surface area contributed by atoms with Crippen LogP contribution in [0.3, 0.4) is 0 Å². The van der Waals surface area contributed by atoms with Crippen LogP contribution < -0.4 is 10.2 Å². The molecule has 0 bridgehead atoms. The highest BCUT2D eigenvalue weighted by molar-refractivity contribution is 6.01. The standard InChI is InChI=1S/C21H23N5O2/c27-19-13-24-20-21(26(19)8-4-14-5-9-28-10-6-14)25-18(12-23-20)16-2-1-15-3-7-22-17(15)11-16/h1-3,7,11-12,14,22H,4-6,8-10,13H2,(H,23,24). The van der Waals surface area contributed by atoms with Crippen molar-refractivity contribution in [1.29, 1.82) is 0 Å². The average molecular weight is 377 g/mol. The van der Waals surface area contributed by atoms with Gasteiger partial charge in [-0.2, -0.15) is 0 Å². The van der Waals surface area contributed by atoms with Crippen LogP contribution in [0.25, 0.3) is 22.2 Å². The number of amides is 1. The Hall–Kier alpha value is -2.93. The summed E-state index contributed by atoms with van der Waals surface area (Å²) in [6, 6.07) is 8.21. The molecule has 2 aromatic heterocycles. The fourth-order valence-electron chi connectivity index (χ4n) is 3.99. The van der Waals surface area contributed by atoms with Gasteiger partial charge in [-0.25, -0.2) is 9.97 Å². The molecule has 2 aliphatic heterocycles. The summed E-state index contributed by atoms with van der Waals surface area (Å²) in [5.74, 6) is 1.96. The number of ether oxygens (including phenoxy) is 1. The Morgan fingerprint density at radius 3 is 3.00 bits per heavy atom. The molecule has 2 N–H and O–H groups in total. The summed E-state index contributed by atoms with van der Waals surface area (Å²) in [6.45, 7) is 2.58. The molecule has 2 aliphatic rings. The molecule has 0 saturated carbocycles. The smallest absolute Gasteiger partial charge is 0.247 e. The van der Waals surface area contributed by atoms with E-state index in [1.807, 2.05) is 18.3 Å². The number of rotatable bonds is 4. The van der Waals surface area contributed by atoms with Crippen LogP contribution in [0.2, 0.25) is 0 Å². The number of hydrogen-bond acceptors (Lipinski definition) is 5. The van der Waals surface area contributed by atoms with E-state index in [0.29, 0.717) is 24.1 Å². The van der Waals surface area contributed by atoms with Gasteiger partial charge in [-0.15, -0.1) is 0 Å². The third kappa shape index (κ3) is 3.22. The van der Waals surface area contributed by atoms with Crippen LogP contribution >= 0.6 is 0 Å². The third-order valence-corrected chi connectivity index (χ3v) is 5.67. The molecule has 0 radical (unpaired) electrons. The van der Waals surface area contributed by atoms with Crippen LogP contribution in [-0.4, -0.2) is 47.2 Å². The van der Waals surface area contributed by atoms with Crippen molar-refractivity contribution in [1.82, 2.24) is 15.0 Å². The Balaban J connectivity index is 1.43. The molecular weight excluding hydrogens is 354 g/mol. The molecule has 0 atom stereocenters. The SMILES string of the molecule is O=C1CNc2ncc(-c3ccc4cc[nH]c4c3)nc2N1CCC1CCOCC1. The molecule has 7 heteroatoms. The van der Waals surface area contributed by atoms with Crippen LogP contribution in [0.1, 0.15) is 19.3 Å². The minimum absolute atomic E-state index is 0.0471. The zero-order valence-electron chi connectivity index (χ0n) is 15.6. The van der Waals surface area contributed by atoms with Crippen molar-refractivity contribution in [2.75, 3.05) is 36.5 Å². The monoisotopic (exact) mass is 377 g/mol. The third-order valence-electron chi connectivity index (χ3n) is 5.67. The molecule has 28 heavy (non-hydrogen) atoms. The summed E-state index contributed by atoms with van der Waals surface area (Å²) < 4.78 is 5.44. The number of aromatic nitrogens is 3. The zero-order valence-corrected chi connectivity index (χ0v) is 15.6. The number of nitrogens with one attached hydrogen (secondary N) is 2. The zero-order chi connectivity index (χ0) is 18.9. The van der Waals surface area contributed by atoms with E-state index in [-0.39, 0.29) is 12.5 Å². The minimum atomic E-state index is 0.0471. The van der Waals surface area contributed by atoms with Crippen molar-refractivity contribution in [2.24, 2.45) is 5.92 Å². The first-order valence-electron chi connectivity index (χ1n) is 9.84. The molecule has 1 fully saturated rings. The van der Waals surface area contributed by atoms with Crippen molar-refractivity contribution in [2.45, 2.75) is 19.3 Å². The second kappa shape index (κ2) is 7.24. The predicted molar refractivity (Wildman–Crippen MR) is 108 cm³/mol. The van der Waals surface area contributed by atoms with Crippen molar-refractivity contribution < 1.29 is 9.53 Å². The number of nitrogens with zero attached hydrogens (tertiary/aromatic N) is 3. The quantitative estimate of drug-likeness (QED) is 0.730. The van der Waals surface area contributed by atoms with Crippen molar-refractivity contribution in [3.63, 3.8) is 0 Å². The lowest BCUT2D eigenvalue weighted by Gasteiger charge is -2.30. The van der Waals surface area contributed by atoms with Crippen LogP contribution in [0.5, 0.6) is 0 Å². The van der Waals surface area contributed by atoms with Gasteiger partial charge < -0.3 is 15.0 Å². The summed E-state index contributed by atoms with van der Waals surface area (Å²) in [5.41, 5.74) is 2.80. The summed E-state index contributed by atoms with van der Waals surface area (Å²) in [7, 11) is 0. The van der Waals surface area contributed by atoms with E-state index >= 15 is 0 Å². The molecule has 5 rings (SSSR count). The molecule has 4 heterocycles. The summed E-state index contributed by atoms with van der Waals surface area (Å²) >= 11 is 0. The number of carbonyl (C=O) groups excluding carboxylic acids is 1. The summed E-state index contributed by atoms with van der Waals surface area (Å²) in [6.07, 6.45) is 6.79. The van der Waals surface area contributed by atoms with E-state index in [2.05, 4.69) is 27.4 Å². The largest absolute Gasteiger partial charge is 0.381 e. The van der Waals surface area contributed by atoms with Crippen molar-refractivity contribution in [3.05, 3.63) is 36.7 Å². The lowest BCUT2D eigenvalue weighted by Crippen LogP contribution is -2.42. The topological polar surface area (TPSA) is 83.1 Å². The van der Waals surface area contributed by atoms with Gasteiger partial charge >= 0.3 is 0 Å². The van der Waals surface area contributed by atoms with Crippen molar-refractivity contribution in [3.8, 4) is 11.3 Å². The van der Waals surface area contributed by atoms with E-state index < -0.39 is 0 Å². The van der Waals surface area contributed by atoms with Crippen molar-refractivity contribution >= 4 is 28.4 Å². The summed E-state index contributed by atoms with van der Waals surface area (Å²) in [4.78, 5) is 27.0. The van der Waals surface area contributed by atoms with Crippen LogP contribution in [0.4, 0.5) is 11.6 Å². The van der Waals surface area contributed by atoms with Gasteiger partial charge in [0.2, 0.25) is 5.91 Å². The highest BCUT2D eigenvalue weighted by Crippen LogP contribution is 2.30. The molecule has 0 unspecified atom stereocenters. The second-order valence-corrected chi connectivity index (χ2v) is 7.45. The molecule has 0 aliphatic carbocycles. The number of aromatic amines is 1. The Labute approximate surface area is 163 Å². The predicted octanol–water partition coefficient (Wildman–Crippen LogP) is 3.20. The van der Waals surface area contributed by atoms with Crippen LogP contribution in [0, 0.1) is 5.92 Å². The first-order chi connectivity index (χ1) is 13.8. The maximum atomic E-state index is 12.6. The normalized spacial score (nSPS) is 17.6. The van der Waals surface area contributed by atoms with Gasteiger partial charge in [0.15, 0.2) is 11.6 Å². The molecular formula is C21H23N5O2. The van der Waals surface area contributed by atoms with Gasteiger partial charge in [-0.1, -0.05) is 12.1 Å².